The van der Waals surface area contributed by atoms with Crippen molar-refractivity contribution < 1.29 is 28.6 Å². The van der Waals surface area contributed by atoms with Gasteiger partial charge in [-0.2, -0.15) is 0 Å². The highest BCUT2D eigenvalue weighted by Gasteiger charge is 2.24. The Hall–Kier alpha value is -3.61. The molecule has 0 radical (unpaired) electrons. The van der Waals surface area contributed by atoms with Crippen LogP contribution in [0.15, 0.2) is 72.8 Å². The molecular formula is C24H27NO6. The molecule has 31 heavy (non-hydrogen) atoms. The summed E-state index contributed by atoms with van der Waals surface area (Å²) in [6, 6.07) is 17.4. The topological polar surface area (TPSA) is 90.9 Å². The summed E-state index contributed by atoms with van der Waals surface area (Å²) >= 11 is 0. The second-order valence-corrected chi connectivity index (χ2v) is 6.71. The van der Waals surface area contributed by atoms with Crippen LogP contribution in [0.25, 0.3) is 0 Å². The van der Waals surface area contributed by atoms with Gasteiger partial charge >= 0.3 is 18.0 Å². The van der Waals surface area contributed by atoms with Gasteiger partial charge in [0.05, 0.1) is 6.61 Å². The van der Waals surface area contributed by atoms with Crippen molar-refractivity contribution in [3.8, 4) is 0 Å². The number of hydrogen-bond acceptors (Lipinski definition) is 6. The zero-order chi connectivity index (χ0) is 22.5. The monoisotopic (exact) mass is 425 g/mol. The van der Waals surface area contributed by atoms with Crippen LogP contribution < -0.4 is 5.32 Å². The van der Waals surface area contributed by atoms with Crippen molar-refractivity contribution in [3.05, 3.63) is 83.9 Å². The van der Waals surface area contributed by atoms with Gasteiger partial charge < -0.3 is 19.5 Å². The van der Waals surface area contributed by atoms with Crippen LogP contribution in [-0.2, 0) is 37.0 Å². The van der Waals surface area contributed by atoms with E-state index in [1.165, 1.54) is 0 Å². The fourth-order valence-corrected chi connectivity index (χ4v) is 2.64. The molecule has 0 aliphatic rings. The van der Waals surface area contributed by atoms with Crippen LogP contribution >= 0.6 is 0 Å². The van der Waals surface area contributed by atoms with Crippen LogP contribution in [0.5, 0.6) is 0 Å². The average Bonchev–Trinajstić information content (AvgIpc) is 2.80. The smallest absolute Gasteiger partial charge is 0.408 e. The Morgan fingerprint density at radius 3 is 1.97 bits per heavy atom. The summed E-state index contributed by atoms with van der Waals surface area (Å²) in [6.07, 6.45) is -0.485. The number of amides is 1. The van der Waals surface area contributed by atoms with Gasteiger partial charge in [-0.1, -0.05) is 67.2 Å². The SMILES string of the molecule is C=C(CC[C@H](NC(=O)OCc1ccccc1)C(=O)OCc1ccccc1)C(=O)OCC. The lowest BCUT2D eigenvalue weighted by Gasteiger charge is -2.18. The van der Waals surface area contributed by atoms with Gasteiger partial charge in [-0.25, -0.2) is 14.4 Å². The van der Waals surface area contributed by atoms with Gasteiger partial charge in [0.15, 0.2) is 0 Å². The number of esters is 2. The summed E-state index contributed by atoms with van der Waals surface area (Å²) < 4.78 is 15.4. The second-order valence-electron chi connectivity index (χ2n) is 6.71. The van der Waals surface area contributed by atoms with Gasteiger partial charge in [-0.15, -0.1) is 0 Å². The minimum absolute atomic E-state index is 0.0635. The number of nitrogens with one attached hydrogen (secondary N) is 1. The highest BCUT2D eigenvalue weighted by Crippen LogP contribution is 2.11. The van der Waals surface area contributed by atoms with Gasteiger partial charge in [0.25, 0.3) is 0 Å². The van der Waals surface area contributed by atoms with Crippen LogP contribution in [-0.4, -0.2) is 30.7 Å². The summed E-state index contributed by atoms with van der Waals surface area (Å²) in [5, 5.41) is 2.52. The first-order valence-electron chi connectivity index (χ1n) is 10.0. The van der Waals surface area contributed by atoms with Crippen LogP contribution in [0.4, 0.5) is 4.79 Å². The summed E-state index contributed by atoms with van der Waals surface area (Å²) in [5.41, 5.74) is 1.84. The predicted molar refractivity (Wildman–Crippen MR) is 115 cm³/mol. The van der Waals surface area contributed by atoms with Crippen molar-refractivity contribution in [3.63, 3.8) is 0 Å². The number of hydrogen-bond donors (Lipinski definition) is 1. The molecule has 0 bridgehead atoms. The van der Waals surface area contributed by atoms with Crippen LogP contribution in [0, 0.1) is 0 Å². The highest BCUT2D eigenvalue weighted by atomic mass is 16.6. The van der Waals surface area contributed by atoms with E-state index in [4.69, 9.17) is 14.2 Å². The fraction of sp³-hybridized carbons (Fsp3) is 0.292. The van der Waals surface area contributed by atoms with E-state index >= 15 is 0 Å². The Morgan fingerprint density at radius 2 is 1.42 bits per heavy atom. The molecule has 1 N–H and O–H groups in total. The van der Waals surface area contributed by atoms with Gasteiger partial charge in [0, 0.05) is 5.57 Å². The third-order valence-electron chi connectivity index (χ3n) is 4.31. The van der Waals surface area contributed by atoms with E-state index in [0.717, 1.165) is 11.1 Å². The molecule has 0 saturated carbocycles. The average molecular weight is 425 g/mol. The van der Waals surface area contributed by atoms with Crippen LogP contribution in [0.2, 0.25) is 0 Å². The first-order valence-corrected chi connectivity index (χ1v) is 10.0. The van der Waals surface area contributed by atoms with E-state index in [-0.39, 0.29) is 38.2 Å². The second kappa shape index (κ2) is 12.8. The van der Waals surface area contributed by atoms with Gasteiger partial charge in [0.1, 0.15) is 19.3 Å². The molecule has 0 aliphatic carbocycles. The largest absolute Gasteiger partial charge is 0.463 e. The molecule has 0 aliphatic heterocycles. The minimum atomic E-state index is -1.00. The number of alkyl carbamates (subject to hydrolysis) is 1. The first kappa shape index (κ1) is 23.7. The number of benzene rings is 2. The quantitative estimate of drug-likeness (QED) is 0.333. The molecule has 2 aromatic rings. The van der Waals surface area contributed by atoms with Gasteiger partial charge in [-0.3, -0.25) is 0 Å². The van der Waals surface area contributed by atoms with E-state index in [2.05, 4.69) is 11.9 Å². The molecule has 0 unspecified atom stereocenters. The van der Waals surface area contributed by atoms with Crippen molar-refractivity contribution in [1.29, 1.82) is 0 Å². The standard InChI is InChI=1S/C24H27NO6/c1-3-29-22(26)18(2)14-15-21(23(27)30-16-19-10-6-4-7-11-19)25-24(28)31-17-20-12-8-5-9-13-20/h4-13,21H,2-3,14-17H2,1H3,(H,25,28)/t21-/m0/s1. The zero-order valence-electron chi connectivity index (χ0n) is 17.5. The number of ether oxygens (including phenoxy) is 3. The normalized spacial score (nSPS) is 11.1. The summed E-state index contributed by atoms with van der Waals surface area (Å²) in [6.45, 7) is 5.73. The maximum Gasteiger partial charge on any atom is 0.408 e. The number of carbonyl (C=O) groups is 3. The Balaban J connectivity index is 1.94. The lowest BCUT2D eigenvalue weighted by molar-refractivity contribution is -0.147. The molecule has 2 rings (SSSR count). The molecule has 1 amide bonds. The third kappa shape index (κ3) is 8.74. The summed E-state index contributed by atoms with van der Waals surface area (Å²) in [4.78, 5) is 36.6. The number of carbonyl (C=O) groups excluding carboxylic acids is 3. The van der Waals surface area contributed by atoms with Crippen molar-refractivity contribution in [1.82, 2.24) is 5.32 Å². The lowest BCUT2D eigenvalue weighted by atomic mass is 10.1. The Bertz CT molecular complexity index is 866. The van der Waals surface area contributed by atoms with E-state index in [0.29, 0.717) is 0 Å². The Labute approximate surface area is 182 Å². The van der Waals surface area contributed by atoms with E-state index in [9.17, 15) is 14.4 Å². The summed E-state index contributed by atoms with van der Waals surface area (Å²) in [7, 11) is 0. The van der Waals surface area contributed by atoms with Gasteiger partial charge in [-0.05, 0) is 30.9 Å². The minimum Gasteiger partial charge on any atom is -0.463 e. The predicted octanol–water partition coefficient (Wildman–Crippen LogP) is 3.92. The molecule has 164 valence electrons. The first-order chi connectivity index (χ1) is 15.0. The van der Waals surface area contributed by atoms with Crippen molar-refractivity contribution in [2.75, 3.05) is 6.61 Å². The van der Waals surface area contributed by atoms with E-state index in [1.807, 2.05) is 60.7 Å². The third-order valence-corrected chi connectivity index (χ3v) is 4.31. The van der Waals surface area contributed by atoms with Crippen molar-refractivity contribution in [2.45, 2.75) is 39.0 Å². The van der Waals surface area contributed by atoms with Crippen LogP contribution in [0.3, 0.4) is 0 Å². The number of rotatable bonds is 11. The fourth-order valence-electron chi connectivity index (χ4n) is 2.64. The zero-order valence-corrected chi connectivity index (χ0v) is 17.5. The molecule has 0 heterocycles. The van der Waals surface area contributed by atoms with Gasteiger partial charge in [0.2, 0.25) is 0 Å². The summed E-state index contributed by atoms with van der Waals surface area (Å²) in [5.74, 6) is -1.16. The molecular weight excluding hydrogens is 398 g/mol. The van der Waals surface area contributed by atoms with E-state index in [1.54, 1.807) is 6.92 Å². The Kier molecular flexibility index (Phi) is 9.81. The highest BCUT2D eigenvalue weighted by molar-refractivity contribution is 5.88. The lowest BCUT2D eigenvalue weighted by Crippen LogP contribution is -2.42. The van der Waals surface area contributed by atoms with Crippen LogP contribution in [0.1, 0.15) is 30.9 Å². The maximum atomic E-state index is 12.6. The van der Waals surface area contributed by atoms with Crippen molar-refractivity contribution >= 4 is 18.0 Å². The molecule has 0 saturated heterocycles. The molecule has 7 heteroatoms. The van der Waals surface area contributed by atoms with E-state index < -0.39 is 24.1 Å². The maximum absolute atomic E-state index is 12.6. The molecule has 1 atom stereocenters. The van der Waals surface area contributed by atoms with Crippen molar-refractivity contribution in [2.24, 2.45) is 0 Å². The molecule has 0 spiro atoms. The molecule has 0 aromatic heterocycles. The molecule has 2 aromatic carbocycles. The molecule has 7 nitrogen and oxygen atoms in total. The Morgan fingerprint density at radius 1 is 0.871 bits per heavy atom. The molecule has 0 fully saturated rings.